The summed E-state index contributed by atoms with van der Waals surface area (Å²) < 4.78 is 4.94. The van der Waals surface area contributed by atoms with Crippen LogP contribution in [0.1, 0.15) is 16.1 Å². The van der Waals surface area contributed by atoms with E-state index in [2.05, 4.69) is 10.5 Å². The molecule has 0 fully saturated rings. The van der Waals surface area contributed by atoms with Crippen molar-refractivity contribution >= 4 is 23.9 Å². The van der Waals surface area contributed by atoms with Crippen LogP contribution in [0.25, 0.3) is 0 Å². The number of hydrogen-bond acceptors (Lipinski definition) is 4. The van der Waals surface area contributed by atoms with Gasteiger partial charge in [0.2, 0.25) is 0 Å². The Hall–Kier alpha value is -2.01. The molecule has 1 amide bonds. The summed E-state index contributed by atoms with van der Waals surface area (Å²) in [6.45, 7) is 0. The van der Waals surface area contributed by atoms with Crippen molar-refractivity contribution in [2.45, 2.75) is 4.90 Å². The molecule has 2 aromatic rings. The molecule has 0 saturated carbocycles. The van der Waals surface area contributed by atoms with Gasteiger partial charge < -0.3 is 4.42 Å². The first kappa shape index (κ1) is 12.4. The summed E-state index contributed by atoms with van der Waals surface area (Å²) in [5.41, 5.74) is 3.32. The van der Waals surface area contributed by atoms with E-state index in [1.807, 2.05) is 30.5 Å². The van der Waals surface area contributed by atoms with Crippen LogP contribution in [0, 0.1) is 0 Å². The maximum atomic E-state index is 11.5. The zero-order chi connectivity index (χ0) is 12.8. The number of carbonyl (C=O) groups is 1. The van der Waals surface area contributed by atoms with Crippen molar-refractivity contribution in [1.82, 2.24) is 5.43 Å². The number of hydrazone groups is 1. The van der Waals surface area contributed by atoms with Gasteiger partial charge in [-0.2, -0.15) is 5.10 Å². The van der Waals surface area contributed by atoms with E-state index in [1.54, 1.807) is 30.1 Å². The van der Waals surface area contributed by atoms with Crippen LogP contribution in [0.5, 0.6) is 0 Å². The largest absolute Gasteiger partial charge is 0.459 e. The molecule has 0 radical (unpaired) electrons. The Morgan fingerprint density at radius 3 is 2.72 bits per heavy atom. The summed E-state index contributed by atoms with van der Waals surface area (Å²) in [5, 5.41) is 3.86. The molecule has 0 atom stereocenters. The fourth-order valence-electron chi connectivity index (χ4n) is 1.32. The molecule has 0 bridgehead atoms. The van der Waals surface area contributed by atoms with Crippen molar-refractivity contribution in [1.29, 1.82) is 0 Å². The van der Waals surface area contributed by atoms with E-state index >= 15 is 0 Å². The fourth-order valence-corrected chi connectivity index (χ4v) is 1.73. The molecular formula is C13H12N2O2S. The Balaban J connectivity index is 1.93. The molecule has 1 aromatic heterocycles. The monoisotopic (exact) mass is 260 g/mol. The van der Waals surface area contributed by atoms with Crippen LogP contribution in [0.2, 0.25) is 0 Å². The van der Waals surface area contributed by atoms with E-state index < -0.39 is 0 Å². The number of furan rings is 1. The van der Waals surface area contributed by atoms with E-state index in [0.29, 0.717) is 0 Å². The molecule has 0 aliphatic carbocycles. The van der Waals surface area contributed by atoms with Crippen LogP contribution in [0.15, 0.2) is 57.1 Å². The first-order valence-corrected chi connectivity index (χ1v) is 6.53. The van der Waals surface area contributed by atoms with E-state index in [0.717, 1.165) is 5.56 Å². The molecule has 0 aliphatic rings. The summed E-state index contributed by atoms with van der Waals surface area (Å²) in [6.07, 6.45) is 5.05. The molecule has 18 heavy (non-hydrogen) atoms. The molecule has 0 aliphatic heterocycles. The number of amides is 1. The van der Waals surface area contributed by atoms with Crippen molar-refractivity contribution in [3.63, 3.8) is 0 Å². The lowest BCUT2D eigenvalue weighted by molar-refractivity contribution is 0.0927. The second-order valence-electron chi connectivity index (χ2n) is 3.45. The Morgan fingerprint density at radius 2 is 2.11 bits per heavy atom. The first-order valence-electron chi connectivity index (χ1n) is 5.30. The summed E-state index contributed by atoms with van der Waals surface area (Å²) in [6, 6.07) is 11.1. The molecule has 1 N–H and O–H groups in total. The highest BCUT2D eigenvalue weighted by atomic mass is 32.2. The molecule has 5 heteroatoms. The predicted octanol–water partition coefficient (Wildman–Crippen LogP) is 2.77. The van der Waals surface area contributed by atoms with Gasteiger partial charge in [-0.3, -0.25) is 4.79 Å². The van der Waals surface area contributed by atoms with Crippen LogP contribution >= 0.6 is 11.8 Å². The van der Waals surface area contributed by atoms with Crippen LogP contribution in [-0.4, -0.2) is 18.4 Å². The van der Waals surface area contributed by atoms with Crippen molar-refractivity contribution < 1.29 is 9.21 Å². The number of carbonyl (C=O) groups excluding carboxylic acids is 1. The highest BCUT2D eigenvalue weighted by Crippen LogP contribution is 2.13. The molecular weight excluding hydrogens is 248 g/mol. The number of nitrogens with zero attached hydrogens (tertiary/aromatic N) is 1. The van der Waals surface area contributed by atoms with Gasteiger partial charge in [-0.05, 0) is 36.1 Å². The smallest absolute Gasteiger partial charge is 0.307 e. The maximum absolute atomic E-state index is 11.5. The van der Waals surface area contributed by atoms with E-state index in [4.69, 9.17) is 4.42 Å². The van der Waals surface area contributed by atoms with Crippen LogP contribution in [0.3, 0.4) is 0 Å². The molecule has 4 nitrogen and oxygen atoms in total. The standard InChI is InChI=1S/C13H12N2O2S/c1-18-11-6-4-10(5-7-11)9-14-15-13(16)12-3-2-8-17-12/h2-9H,1H3,(H,15,16)/b14-9-. The molecule has 0 unspecified atom stereocenters. The summed E-state index contributed by atoms with van der Waals surface area (Å²) in [4.78, 5) is 12.7. The lowest BCUT2D eigenvalue weighted by Crippen LogP contribution is -2.16. The van der Waals surface area contributed by atoms with Gasteiger partial charge in [0.1, 0.15) is 0 Å². The third kappa shape index (κ3) is 3.24. The van der Waals surface area contributed by atoms with Gasteiger partial charge in [0, 0.05) is 4.90 Å². The van der Waals surface area contributed by atoms with Gasteiger partial charge in [0.15, 0.2) is 5.76 Å². The fraction of sp³-hybridized carbons (Fsp3) is 0.0769. The van der Waals surface area contributed by atoms with Gasteiger partial charge >= 0.3 is 5.91 Å². The minimum Gasteiger partial charge on any atom is -0.459 e. The van der Waals surface area contributed by atoms with Crippen molar-refractivity contribution in [2.24, 2.45) is 5.10 Å². The zero-order valence-electron chi connectivity index (χ0n) is 9.79. The van der Waals surface area contributed by atoms with Crippen molar-refractivity contribution in [2.75, 3.05) is 6.26 Å². The predicted molar refractivity (Wildman–Crippen MR) is 72.0 cm³/mol. The van der Waals surface area contributed by atoms with Crippen molar-refractivity contribution in [3.05, 3.63) is 54.0 Å². The number of rotatable bonds is 4. The van der Waals surface area contributed by atoms with E-state index in [-0.39, 0.29) is 11.7 Å². The van der Waals surface area contributed by atoms with Gasteiger partial charge in [0.25, 0.3) is 0 Å². The van der Waals surface area contributed by atoms with Gasteiger partial charge in [-0.25, -0.2) is 5.43 Å². The van der Waals surface area contributed by atoms with Gasteiger partial charge in [-0.1, -0.05) is 12.1 Å². The zero-order valence-corrected chi connectivity index (χ0v) is 10.6. The Labute approximate surface area is 109 Å². The number of hydrogen-bond donors (Lipinski definition) is 1. The van der Waals surface area contributed by atoms with Gasteiger partial charge in [-0.15, -0.1) is 11.8 Å². The van der Waals surface area contributed by atoms with Gasteiger partial charge in [0.05, 0.1) is 12.5 Å². The normalized spacial score (nSPS) is 10.7. The lowest BCUT2D eigenvalue weighted by Gasteiger charge is -1.97. The van der Waals surface area contributed by atoms with Crippen LogP contribution < -0.4 is 5.43 Å². The Kier molecular flexibility index (Phi) is 4.20. The molecule has 1 heterocycles. The highest BCUT2D eigenvalue weighted by molar-refractivity contribution is 7.98. The highest BCUT2D eigenvalue weighted by Gasteiger charge is 2.05. The molecule has 1 aromatic carbocycles. The summed E-state index contributed by atoms with van der Waals surface area (Å²) in [5.74, 6) is -0.123. The quantitative estimate of drug-likeness (QED) is 0.522. The van der Waals surface area contributed by atoms with E-state index in [9.17, 15) is 4.79 Å². The summed E-state index contributed by atoms with van der Waals surface area (Å²) in [7, 11) is 0. The second-order valence-corrected chi connectivity index (χ2v) is 4.33. The number of thioether (sulfide) groups is 1. The van der Waals surface area contributed by atoms with Crippen LogP contribution in [-0.2, 0) is 0 Å². The second kappa shape index (κ2) is 6.07. The molecule has 0 spiro atoms. The average molecular weight is 260 g/mol. The topological polar surface area (TPSA) is 54.6 Å². The Bertz CT molecular complexity index is 533. The molecule has 2 rings (SSSR count). The number of nitrogens with one attached hydrogen (secondary N) is 1. The van der Waals surface area contributed by atoms with Crippen molar-refractivity contribution in [3.8, 4) is 0 Å². The maximum Gasteiger partial charge on any atom is 0.307 e. The first-order chi connectivity index (χ1) is 8.79. The number of benzene rings is 1. The minimum atomic E-state index is -0.364. The molecule has 92 valence electrons. The van der Waals surface area contributed by atoms with E-state index in [1.165, 1.54) is 11.2 Å². The average Bonchev–Trinajstić information content (AvgIpc) is 2.93. The summed E-state index contributed by atoms with van der Waals surface area (Å²) >= 11 is 1.68. The minimum absolute atomic E-state index is 0.241. The SMILES string of the molecule is CSc1ccc(/C=N\NC(=O)c2ccco2)cc1. The van der Waals surface area contributed by atoms with Crippen LogP contribution in [0.4, 0.5) is 0 Å². The Morgan fingerprint density at radius 1 is 1.33 bits per heavy atom. The third-order valence-corrected chi connectivity index (χ3v) is 2.98. The third-order valence-electron chi connectivity index (χ3n) is 2.24. The molecule has 0 saturated heterocycles. The lowest BCUT2D eigenvalue weighted by atomic mass is 10.2.